The Kier molecular flexibility index (Phi) is 10.2. The van der Waals surface area contributed by atoms with Crippen molar-refractivity contribution in [3.05, 3.63) is 244 Å². The minimum Gasteiger partial charge on any atom is -0.307 e. The van der Waals surface area contributed by atoms with Crippen LogP contribution in [-0.2, 0) is 0 Å². The Morgan fingerprint density at radius 1 is 0.591 bits per heavy atom. The summed E-state index contributed by atoms with van der Waals surface area (Å²) in [7, 11) is 0. The summed E-state index contributed by atoms with van der Waals surface area (Å²) in [6, 6.07) is 57.1. The van der Waals surface area contributed by atoms with Crippen molar-refractivity contribution in [3.63, 3.8) is 0 Å². The van der Waals surface area contributed by atoms with E-state index in [1.165, 1.54) is 25.7 Å². The van der Waals surface area contributed by atoms with Gasteiger partial charge in [-0.15, -0.1) is 5.73 Å². The SMILES string of the molecule is Fc1cc(-c2ccccc2)cc(-c2ccccc2)c1N(c1ccccc1)c1ccc2ccc3c(N(C4=C=CC4)c4c(I)cc(C5C=CC=CC5)cc4C4=C=C=CCC4)ccc4ccc1c2c43. The van der Waals surface area contributed by atoms with Crippen LogP contribution < -0.4 is 9.80 Å². The predicted molar refractivity (Wildman–Crippen MR) is 283 cm³/mol. The first-order valence-electron chi connectivity index (χ1n) is 22.7. The molecule has 0 aromatic heterocycles. The number of anilines is 5. The average molecular weight is 961 g/mol. The maximum Gasteiger partial charge on any atom is 0.148 e. The standard InChI is InChI=1S/C62H42FIN2/c63-55-39-47(41-17-6-1-7-18-41)37-53(43-21-10-3-11-22-43)61(55)65(49-25-14-5-15-26-49)57-35-31-45-30-34-52-58(36-32-46-29-33-51(57)59(45)60(46)52)66(50-27-16-28-50)62-54(44-23-12-4-13-24-44)38-48(40-56(62)64)42-19-8-2-9-20-42/h1-11,14-19,21-22,25-26,29-40,42H,12,20,23,27H2. The van der Waals surface area contributed by atoms with E-state index in [4.69, 9.17) is 0 Å². The fourth-order valence-electron chi connectivity index (χ4n) is 10.1. The van der Waals surface area contributed by atoms with E-state index in [1.54, 1.807) is 6.07 Å². The van der Waals surface area contributed by atoms with Gasteiger partial charge in [0.15, 0.2) is 0 Å². The third kappa shape index (κ3) is 6.95. The van der Waals surface area contributed by atoms with Crippen molar-refractivity contribution < 1.29 is 4.39 Å². The summed E-state index contributed by atoms with van der Waals surface area (Å²) < 4.78 is 18.8. The summed E-state index contributed by atoms with van der Waals surface area (Å²) in [5.41, 5.74) is 23.4. The zero-order chi connectivity index (χ0) is 44.1. The maximum absolute atomic E-state index is 17.6. The molecule has 314 valence electrons. The number of rotatable bonds is 10. The highest BCUT2D eigenvalue weighted by molar-refractivity contribution is 14.1. The average Bonchev–Trinajstić information content (AvgIpc) is 3.36. The molecule has 9 aromatic carbocycles. The summed E-state index contributed by atoms with van der Waals surface area (Å²) in [6.45, 7) is 0. The molecule has 0 saturated heterocycles. The van der Waals surface area contributed by atoms with Crippen LogP contribution in [0.2, 0.25) is 0 Å². The van der Waals surface area contributed by atoms with Crippen LogP contribution in [0.3, 0.4) is 0 Å². The fraction of sp³-hybridized carbons (Fsp3) is 0.0806. The van der Waals surface area contributed by atoms with Gasteiger partial charge in [0.05, 0.1) is 28.4 Å². The smallest absolute Gasteiger partial charge is 0.148 e. The molecule has 0 aliphatic heterocycles. The Bertz CT molecular complexity index is 3620. The van der Waals surface area contributed by atoms with Gasteiger partial charge in [-0.2, -0.15) is 0 Å². The van der Waals surface area contributed by atoms with Crippen molar-refractivity contribution in [1.29, 1.82) is 0 Å². The predicted octanol–water partition coefficient (Wildman–Crippen LogP) is 17.8. The van der Waals surface area contributed by atoms with Crippen molar-refractivity contribution in [2.75, 3.05) is 9.80 Å². The zero-order valence-electron chi connectivity index (χ0n) is 36.1. The van der Waals surface area contributed by atoms with E-state index in [2.05, 4.69) is 177 Å². The molecule has 0 spiro atoms. The number of halogens is 2. The maximum atomic E-state index is 17.6. The highest BCUT2D eigenvalue weighted by atomic mass is 127. The molecule has 0 heterocycles. The van der Waals surface area contributed by atoms with Crippen LogP contribution in [0.5, 0.6) is 0 Å². The number of benzene rings is 9. The first kappa shape index (κ1) is 40.1. The Hall–Kier alpha value is -7.42. The molecule has 0 amide bonds. The van der Waals surface area contributed by atoms with Crippen molar-refractivity contribution in [2.24, 2.45) is 0 Å². The Morgan fingerprint density at radius 2 is 1.24 bits per heavy atom. The zero-order valence-corrected chi connectivity index (χ0v) is 38.3. The first-order valence-corrected chi connectivity index (χ1v) is 23.8. The second-order valence-electron chi connectivity index (χ2n) is 17.2. The van der Waals surface area contributed by atoms with Crippen LogP contribution in [-0.4, -0.2) is 0 Å². The molecule has 66 heavy (non-hydrogen) atoms. The van der Waals surface area contributed by atoms with Gasteiger partial charge in [0.1, 0.15) is 5.82 Å². The van der Waals surface area contributed by atoms with E-state index in [9.17, 15) is 0 Å². The summed E-state index contributed by atoms with van der Waals surface area (Å²) in [5.74, 6) is 0.0184. The molecule has 3 aliphatic rings. The van der Waals surface area contributed by atoms with Gasteiger partial charge in [0.2, 0.25) is 0 Å². The number of hydrogen-bond donors (Lipinski definition) is 0. The second-order valence-corrected chi connectivity index (χ2v) is 18.4. The van der Waals surface area contributed by atoms with Gasteiger partial charge < -0.3 is 9.80 Å². The number of nitrogens with zero attached hydrogens (tertiary/aromatic N) is 2. The number of para-hydroxylation sites is 1. The Labute approximate surface area is 398 Å². The van der Waals surface area contributed by atoms with Gasteiger partial charge in [-0.25, -0.2) is 4.39 Å². The molecule has 2 nitrogen and oxygen atoms in total. The molecule has 0 radical (unpaired) electrons. The van der Waals surface area contributed by atoms with Crippen molar-refractivity contribution in [2.45, 2.75) is 31.6 Å². The number of allylic oxidation sites excluding steroid dienone is 6. The lowest BCUT2D eigenvalue weighted by Gasteiger charge is -2.34. The molecule has 1 atom stereocenters. The molecule has 12 rings (SSSR count). The van der Waals surface area contributed by atoms with Crippen LogP contribution in [0, 0.1) is 9.39 Å². The van der Waals surface area contributed by atoms with Gasteiger partial charge in [0, 0.05) is 49.1 Å². The van der Waals surface area contributed by atoms with Crippen molar-refractivity contribution in [3.8, 4) is 22.3 Å². The quantitative estimate of drug-likeness (QED) is 0.0766. The highest BCUT2D eigenvalue weighted by Gasteiger charge is 2.29. The van der Waals surface area contributed by atoms with Crippen LogP contribution in [0.25, 0.3) is 60.1 Å². The van der Waals surface area contributed by atoms with Crippen molar-refractivity contribution >= 4 is 88.9 Å². The number of hydrogen-bond acceptors (Lipinski definition) is 2. The van der Waals surface area contributed by atoms with Gasteiger partial charge in [-0.05, 0) is 146 Å². The summed E-state index contributed by atoms with van der Waals surface area (Å²) in [6.07, 6.45) is 16.8. The van der Waals surface area contributed by atoms with E-state index in [-0.39, 0.29) is 5.82 Å². The highest BCUT2D eigenvalue weighted by Crippen LogP contribution is 2.51. The van der Waals surface area contributed by atoms with Crippen LogP contribution in [0.1, 0.15) is 42.7 Å². The van der Waals surface area contributed by atoms with Crippen LogP contribution in [0.4, 0.5) is 32.8 Å². The Balaban J connectivity index is 1.10. The van der Waals surface area contributed by atoms with E-state index in [1.807, 2.05) is 66.7 Å². The largest absolute Gasteiger partial charge is 0.307 e. The molecule has 1 unspecified atom stereocenters. The third-order valence-electron chi connectivity index (χ3n) is 13.3. The van der Waals surface area contributed by atoms with Gasteiger partial charge in [-0.1, -0.05) is 151 Å². The topological polar surface area (TPSA) is 6.48 Å². The molecular weight excluding hydrogens is 919 g/mol. The van der Waals surface area contributed by atoms with Gasteiger partial charge in [0.25, 0.3) is 0 Å². The van der Waals surface area contributed by atoms with Gasteiger partial charge >= 0.3 is 0 Å². The second kappa shape index (κ2) is 16.9. The van der Waals surface area contributed by atoms with E-state index in [0.717, 1.165) is 103 Å². The summed E-state index contributed by atoms with van der Waals surface area (Å²) >= 11 is 2.57. The molecule has 0 N–H and O–H groups in total. The normalized spacial score (nSPS) is 15.1. The van der Waals surface area contributed by atoms with Gasteiger partial charge in [-0.3, -0.25) is 0 Å². The fourth-order valence-corrected chi connectivity index (χ4v) is 11.0. The Morgan fingerprint density at radius 3 is 1.86 bits per heavy atom. The summed E-state index contributed by atoms with van der Waals surface area (Å²) in [5, 5.41) is 6.82. The molecule has 9 aromatic rings. The molecular formula is C62H42FIN2. The molecule has 0 bridgehead atoms. The minimum atomic E-state index is -0.296. The van der Waals surface area contributed by atoms with E-state index >= 15 is 4.39 Å². The molecule has 0 saturated carbocycles. The first-order chi connectivity index (χ1) is 32.6. The molecule has 3 aliphatic carbocycles. The van der Waals surface area contributed by atoms with Crippen molar-refractivity contribution in [1.82, 2.24) is 0 Å². The minimum absolute atomic E-state index is 0.296. The lowest BCUT2D eigenvalue weighted by molar-refractivity contribution is 0.630. The molecule has 0 fully saturated rings. The van der Waals surface area contributed by atoms with Crippen LogP contribution in [0.15, 0.2) is 223 Å². The van der Waals surface area contributed by atoms with E-state index in [0.29, 0.717) is 11.6 Å². The lowest BCUT2D eigenvalue weighted by Crippen LogP contribution is -2.21. The molecule has 4 heteroatoms. The monoisotopic (exact) mass is 960 g/mol. The van der Waals surface area contributed by atoms with Crippen LogP contribution >= 0.6 is 22.6 Å². The lowest BCUT2D eigenvalue weighted by atomic mass is 9.87. The summed E-state index contributed by atoms with van der Waals surface area (Å²) in [4.78, 5) is 4.59. The third-order valence-corrected chi connectivity index (χ3v) is 14.2. The van der Waals surface area contributed by atoms with E-state index < -0.39 is 0 Å².